The molecule has 0 aliphatic rings. The topological polar surface area (TPSA) is 35.5 Å². The second-order valence-electron chi connectivity index (χ2n) is 5.46. The molecule has 3 nitrogen and oxygen atoms in total. The van der Waals surface area contributed by atoms with Crippen molar-refractivity contribution in [2.45, 2.75) is 26.4 Å². The van der Waals surface area contributed by atoms with Gasteiger partial charge in [-0.3, -0.25) is 0 Å². The molecule has 0 atom stereocenters. The standard InChI is InChI=1S/C17H18O3/c1-17(2,3)20-16(18)19-15-11-9-14(10-12-15)13-7-5-4-6-8-13/h4-12H,1-3H3. The first-order chi connectivity index (χ1) is 9.44. The summed E-state index contributed by atoms with van der Waals surface area (Å²) in [6, 6.07) is 17.3. The Balaban J connectivity index is 2.04. The number of benzene rings is 2. The summed E-state index contributed by atoms with van der Waals surface area (Å²) >= 11 is 0. The maximum absolute atomic E-state index is 11.5. The number of rotatable bonds is 2. The molecule has 104 valence electrons. The van der Waals surface area contributed by atoms with E-state index in [1.807, 2.05) is 42.5 Å². The van der Waals surface area contributed by atoms with E-state index in [0.29, 0.717) is 5.75 Å². The van der Waals surface area contributed by atoms with Crippen molar-refractivity contribution in [2.75, 3.05) is 0 Å². The molecule has 20 heavy (non-hydrogen) atoms. The molecule has 0 amide bonds. The van der Waals surface area contributed by atoms with Gasteiger partial charge in [0.1, 0.15) is 11.4 Å². The lowest BCUT2D eigenvalue weighted by atomic mass is 10.1. The van der Waals surface area contributed by atoms with E-state index in [1.165, 1.54) is 0 Å². The van der Waals surface area contributed by atoms with Crippen LogP contribution in [0, 0.1) is 0 Å². The van der Waals surface area contributed by atoms with Crippen molar-refractivity contribution in [1.29, 1.82) is 0 Å². The molecule has 3 heteroatoms. The molecule has 0 saturated heterocycles. The second kappa shape index (κ2) is 5.78. The van der Waals surface area contributed by atoms with Gasteiger partial charge in [0.15, 0.2) is 0 Å². The van der Waals surface area contributed by atoms with Crippen LogP contribution in [0.5, 0.6) is 5.75 Å². The predicted octanol–water partition coefficient (Wildman–Crippen LogP) is 4.67. The summed E-state index contributed by atoms with van der Waals surface area (Å²) in [6.45, 7) is 5.40. The van der Waals surface area contributed by atoms with Gasteiger partial charge in [-0.15, -0.1) is 0 Å². The zero-order chi connectivity index (χ0) is 14.6. The highest BCUT2D eigenvalue weighted by Gasteiger charge is 2.17. The lowest BCUT2D eigenvalue weighted by Crippen LogP contribution is -2.25. The molecular formula is C17H18O3. The molecule has 0 spiro atoms. The van der Waals surface area contributed by atoms with Gasteiger partial charge < -0.3 is 9.47 Å². The normalized spacial score (nSPS) is 10.9. The third-order valence-electron chi connectivity index (χ3n) is 2.55. The van der Waals surface area contributed by atoms with Gasteiger partial charge in [-0.25, -0.2) is 4.79 Å². The first-order valence-electron chi connectivity index (χ1n) is 6.50. The van der Waals surface area contributed by atoms with Crippen molar-refractivity contribution in [1.82, 2.24) is 0 Å². The molecule has 2 aromatic carbocycles. The van der Waals surface area contributed by atoms with Gasteiger partial charge in [0, 0.05) is 0 Å². The molecule has 2 aromatic rings. The van der Waals surface area contributed by atoms with Crippen molar-refractivity contribution in [3.8, 4) is 16.9 Å². The Morgan fingerprint density at radius 3 is 1.95 bits per heavy atom. The second-order valence-corrected chi connectivity index (χ2v) is 5.46. The molecule has 0 radical (unpaired) electrons. The number of carbonyl (C=O) groups is 1. The smallest absolute Gasteiger partial charge is 0.428 e. The van der Waals surface area contributed by atoms with Crippen LogP contribution in [0.4, 0.5) is 4.79 Å². The van der Waals surface area contributed by atoms with E-state index in [4.69, 9.17) is 9.47 Å². The largest absolute Gasteiger partial charge is 0.514 e. The Bertz CT molecular complexity index is 565. The van der Waals surface area contributed by atoms with Gasteiger partial charge in [0.05, 0.1) is 0 Å². The fourth-order valence-electron chi connectivity index (χ4n) is 1.71. The van der Waals surface area contributed by atoms with E-state index in [-0.39, 0.29) is 0 Å². The summed E-state index contributed by atoms with van der Waals surface area (Å²) in [5.74, 6) is 0.471. The van der Waals surface area contributed by atoms with Crippen molar-refractivity contribution in [2.24, 2.45) is 0 Å². The molecule has 0 fully saturated rings. The molecule has 0 heterocycles. The SMILES string of the molecule is CC(C)(C)OC(=O)Oc1ccc(-c2ccccc2)cc1. The van der Waals surface area contributed by atoms with E-state index < -0.39 is 11.8 Å². The number of ether oxygens (including phenoxy) is 2. The van der Waals surface area contributed by atoms with Crippen molar-refractivity contribution >= 4 is 6.16 Å². The molecule has 2 rings (SSSR count). The molecule has 0 aromatic heterocycles. The average Bonchev–Trinajstić information content (AvgIpc) is 2.38. The summed E-state index contributed by atoms with van der Waals surface area (Å²) in [5.41, 5.74) is 1.64. The van der Waals surface area contributed by atoms with E-state index >= 15 is 0 Å². The monoisotopic (exact) mass is 270 g/mol. The van der Waals surface area contributed by atoms with Crippen LogP contribution in [-0.2, 0) is 4.74 Å². The Hall–Kier alpha value is -2.29. The Morgan fingerprint density at radius 1 is 0.850 bits per heavy atom. The quantitative estimate of drug-likeness (QED) is 0.587. The lowest BCUT2D eigenvalue weighted by molar-refractivity contribution is 0.0206. The average molecular weight is 270 g/mol. The third kappa shape index (κ3) is 4.12. The summed E-state index contributed by atoms with van der Waals surface area (Å²) in [6.07, 6.45) is -0.690. The van der Waals surface area contributed by atoms with Crippen molar-refractivity contribution in [3.63, 3.8) is 0 Å². The maximum Gasteiger partial charge on any atom is 0.514 e. The minimum atomic E-state index is -0.690. The van der Waals surface area contributed by atoms with Crippen LogP contribution < -0.4 is 4.74 Å². The summed E-state index contributed by atoms with van der Waals surface area (Å²) < 4.78 is 10.2. The minimum Gasteiger partial charge on any atom is -0.428 e. The molecular weight excluding hydrogens is 252 g/mol. The Kier molecular flexibility index (Phi) is 4.08. The van der Waals surface area contributed by atoms with Gasteiger partial charge >= 0.3 is 6.16 Å². The summed E-state index contributed by atoms with van der Waals surface area (Å²) in [4.78, 5) is 11.5. The highest BCUT2D eigenvalue weighted by atomic mass is 16.7. The van der Waals surface area contributed by atoms with E-state index in [9.17, 15) is 4.79 Å². The van der Waals surface area contributed by atoms with E-state index in [1.54, 1.807) is 32.9 Å². The highest BCUT2D eigenvalue weighted by Crippen LogP contribution is 2.22. The Labute approximate surface area is 119 Å². The number of carbonyl (C=O) groups excluding carboxylic acids is 1. The van der Waals surface area contributed by atoms with Gasteiger partial charge in [-0.05, 0) is 44.0 Å². The molecule has 0 aliphatic heterocycles. The Morgan fingerprint density at radius 2 is 1.40 bits per heavy atom. The van der Waals surface area contributed by atoms with Gasteiger partial charge in [-0.1, -0.05) is 42.5 Å². The van der Waals surface area contributed by atoms with Crippen LogP contribution in [0.3, 0.4) is 0 Å². The van der Waals surface area contributed by atoms with Crippen LogP contribution in [-0.4, -0.2) is 11.8 Å². The summed E-state index contributed by atoms with van der Waals surface area (Å²) in [5, 5.41) is 0. The van der Waals surface area contributed by atoms with Gasteiger partial charge in [-0.2, -0.15) is 0 Å². The van der Waals surface area contributed by atoms with E-state index in [2.05, 4.69) is 0 Å². The van der Waals surface area contributed by atoms with Crippen LogP contribution in [0.15, 0.2) is 54.6 Å². The maximum atomic E-state index is 11.5. The fourth-order valence-corrected chi connectivity index (χ4v) is 1.71. The molecule has 0 unspecified atom stereocenters. The highest BCUT2D eigenvalue weighted by molar-refractivity contribution is 5.67. The van der Waals surface area contributed by atoms with E-state index in [0.717, 1.165) is 11.1 Å². The molecule has 0 bridgehead atoms. The zero-order valence-electron chi connectivity index (χ0n) is 11.9. The lowest BCUT2D eigenvalue weighted by Gasteiger charge is -2.18. The first-order valence-corrected chi connectivity index (χ1v) is 6.50. The van der Waals surface area contributed by atoms with Gasteiger partial charge in [0.2, 0.25) is 0 Å². The number of hydrogen-bond acceptors (Lipinski definition) is 3. The van der Waals surface area contributed by atoms with Gasteiger partial charge in [0.25, 0.3) is 0 Å². The van der Waals surface area contributed by atoms with Crippen LogP contribution >= 0.6 is 0 Å². The molecule has 0 aliphatic carbocycles. The molecule has 0 saturated carbocycles. The van der Waals surface area contributed by atoms with Crippen LogP contribution in [0.1, 0.15) is 20.8 Å². The minimum absolute atomic E-state index is 0.471. The van der Waals surface area contributed by atoms with Crippen molar-refractivity contribution in [3.05, 3.63) is 54.6 Å². The fraction of sp³-hybridized carbons (Fsp3) is 0.235. The zero-order valence-corrected chi connectivity index (χ0v) is 11.9. The van der Waals surface area contributed by atoms with Crippen LogP contribution in [0.2, 0.25) is 0 Å². The predicted molar refractivity (Wildman–Crippen MR) is 78.7 cm³/mol. The molecule has 0 N–H and O–H groups in total. The first kappa shape index (κ1) is 14.1. The van der Waals surface area contributed by atoms with Crippen LogP contribution in [0.25, 0.3) is 11.1 Å². The summed E-state index contributed by atoms with van der Waals surface area (Å²) in [7, 11) is 0. The van der Waals surface area contributed by atoms with Crippen molar-refractivity contribution < 1.29 is 14.3 Å². The third-order valence-corrected chi connectivity index (χ3v) is 2.55. The number of hydrogen-bond donors (Lipinski definition) is 0.